The van der Waals surface area contributed by atoms with Gasteiger partial charge in [-0.05, 0) is 42.4 Å². The maximum absolute atomic E-state index is 12.4. The first-order valence-corrected chi connectivity index (χ1v) is 10.0. The van der Waals surface area contributed by atoms with Gasteiger partial charge in [0.2, 0.25) is 0 Å². The number of hydrogen-bond acceptors (Lipinski definition) is 5. The van der Waals surface area contributed by atoms with Crippen molar-refractivity contribution in [3.05, 3.63) is 53.9 Å². The van der Waals surface area contributed by atoms with Crippen LogP contribution in [0.2, 0.25) is 0 Å². The first-order chi connectivity index (χ1) is 14.1. The molecule has 0 saturated carbocycles. The number of H-pyrrole nitrogens is 1. The van der Waals surface area contributed by atoms with E-state index in [1.807, 2.05) is 18.2 Å². The van der Waals surface area contributed by atoms with Crippen LogP contribution in [0.25, 0.3) is 10.9 Å². The van der Waals surface area contributed by atoms with Gasteiger partial charge >= 0.3 is 0 Å². The minimum absolute atomic E-state index is 0.0485. The largest absolute Gasteiger partial charge is 0.504 e. The summed E-state index contributed by atoms with van der Waals surface area (Å²) in [4.78, 5) is 18.5. The number of ketones is 1. The highest BCUT2D eigenvalue weighted by Gasteiger charge is 2.42. The maximum atomic E-state index is 12.4. The number of aromatic nitrogens is 1. The number of aliphatic hydroxyl groups excluding tert-OH is 1. The zero-order valence-electron chi connectivity index (χ0n) is 17.0. The van der Waals surface area contributed by atoms with E-state index in [0.29, 0.717) is 5.57 Å². The lowest BCUT2D eigenvalue weighted by Crippen LogP contribution is -2.46. The Morgan fingerprint density at radius 2 is 2.24 bits per heavy atom. The first-order valence-electron chi connectivity index (χ1n) is 10.0. The molecule has 2 aromatic rings. The Kier molecular flexibility index (Phi) is 5.48. The molecular weight excluding hydrogens is 368 g/mol. The molecule has 2 aliphatic heterocycles. The Balaban J connectivity index is 1.77. The molecule has 4 rings (SSSR count). The van der Waals surface area contributed by atoms with E-state index in [2.05, 4.69) is 22.5 Å². The summed E-state index contributed by atoms with van der Waals surface area (Å²) in [5, 5.41) is 10.6. The summed E-state index contributed by atoms with van der Waals surface area (Å²) in [5.74, 6) is 0.683. The molecule has 0 radical (unpaired) electrons. The number of carbonyl (C=O) groups excluding carboxylic acids is 1. The van der Waals surface area contributed by atoms with Crippen LogP contribution in [0.4, 0.5) is 0 Å². The Morgan fingerprint density at radius 1 is 1.41 bits per heavy atom. The number of fused-ring (bicyclic) bond motifs is 5. The van der Waals surface area contributed by atoms with Gasteiger partial charge in [-0.15, -0.1) is 6.58 Å². The molecule has 0 aliphatic carbocycles. The second kappa shape index (κ2) is 8.05. The van der Waals surface area contributed by atoms with Gasteiger partial charge in [-0.1, -0.05) is 12.1 Å². The summed E-state index contributed by atoms with van der Waals surface area (Å²) in [5.41, 5.74) is 4.13. The van der Waals surface area contributed by atoms with Gasteiger partial charge in [0.25, 0.3) is 0 Å². The van der Waals surface area contributed by atoms with Crippen LogP contribution < -0.4 is 4.74 Å². The van der Waals surface area contributed by atoms with Gasteiger partial charge in [0.1, 0.15) is 12.4 Å². The van der Waals surface area contributed by atoms with Gasteiger partial charge in [-0.25, -0.2) is 0 Å². The predicted octanol–water partition coefficient (Wildman–Crippen LogP) is 2.99. The number of Topliss-reactive ketones (excluding diaryl/α,β-unsaturated/α-hetero) is 1. The Morgan fingerprint density at radius 3 is 2.93 bits per heavy atom. The molecule has 1 aromatic heterocycles. The van der Waals surface area contributed by atoms with Crippen LogP contribution in [0.15, 0.2) is 42.7 Å². The van der Waals surface area contributed by atoms with Gasteiger partial charge in [0.05, 0.1) is 26.5 Å². The van der Waals surface area contributed by atoms with Crippen molar-refractivity contribution >= 4 is 16.7 Å². The lowest BCUT2D eigenvalue weighted by molar-refractivity contribution is -0.119. The maximum Gasteiger partial charge on any atom is 0.187 e. The third-order valence-corrected chi connectivity index (χ3v) is 6.42. The van der Waals surface area contributed by atoms with Crippen LogP contribution >= 0.6 is 0 Å². The topological polar surface area (TPSA) is 74.8 Å². The van der Waals surface area contributed by atoms with Crippen molar-refractivity contribution in [3.63, 3.8) is 0 Å². The lowest BCUT2D eigenvalue weighted by Gasteiger charge is -2.46. The van der Waals surface area contributed by atoms with Crippen LogP contribution in [0, 0.1) is 11.8 Å². The van der Waals surface area contributed by atoms with E-state index in [4.69, 9.17) is 9.47 Å². The number of carbonyl (C=O) groups is 1. The molecule has 1 fully saturated rings. The van der Waals surface area contributed by atoms with Gasteiger partial charge in [0.15, 0.2) is 5.78 Å². The molecule has 0 bridgehead atoms. The number of benzene rings is 1. The molecule has 2 unspecified atom stereocenters. The van der Waals surface area contributed by atoms with Crippen LogP contribution in [0.5, 0.6) is 5.75 Å². The molecule has 0 amide bonds. The summed E-state index contributed by atoms with van der Waals surface area (Å²) in [6, 6.07) is 6.25. The molecule has 2 N–H and O–H groups in total. The number of ether oxygens (including phenoxy) is 2. The van der Waals surface area contributed by atoms with E-state index in [9.17, 15) is 9.90 Å². The molecule has 0 spiro atoms. The Hall–Kier alpha value is -2.57. The van der Waals surface area contributed by atoms with E-state index in [0.717, 1.165) is 42.6 Å². The van der Waals surface area contributed by atoms with Gasteiger partial charge in [-0.3, -0.25) is 9.69 Å². The van der Waals surface area contributed by atoms with Crippen molar-refractivity contribution in [1.82, 2.24) is 9.88 Å². The third-order valence-electron chi connectivity index (χ3n) is 6.42. The van der Waals surface area contributed by atoms with E-state index < -0.39 is 6.61 Å². The van der Waals surface area contributed by atoms with Crippen molar-refractivity contribution in [3.8, 4) is 5.75 Å². The summed E-state index contributed by atoms with van der Waals surface area (Å²) in [6.45, 7) is 5.27. The number of rotatable bonds is 6. The smallest absolute Gasteiger partial charge is 0.187 e. The molecule has 3 atom stereocenters. The highest BCUT2D eigenvalue weighted by atomic mass is 16.5. The van der Waals surface area contributed by atoms with Crippen LogP contribution in [0.1, 0.15) is 23.7 Å². The zero-order valence-corrected chi connectivity index (χ0v) is 17.0. The summed E-state index contributed by atoms with van der Waals surface area (Å²) >= 11 is 0. The monoisotopic (exact) mass is 396 g/mol. The number of piperidine rings is 1. The molecular formula is C23H28N2O4. The second-order valence-corrected chi connectivity index (χ2v) is 7.79. The summed E-state index contributed by atoms with van der Waals surface area (Å²) in [6.07, 6.45) is 5.14. The highest BCUT2D eigenvalue weighted by molar-refractivity contribution is 5.96. The van der Waals surface area contributed by atoms with Crippen molar-refractivity contribution in [2.75, 3.05) is 33.9 Å². The molecule has 3 heterocycles. The average molecular weight is 396 g/mol. The number of aliphatic hydroxyl groups is 1. The fraction of sp³-hybridized carbons (Fsp3) is 0.435. The van der Waals surface area contributed by atoms with Crippen LogP contribution in [-0.2, 0) is 16.0 Å². The van der Waals surface area contributed by atoms with E-state index in [1.54, 1.807) is 7.11 Å². The number of nitrogens with one attached hydrogen (secondary N) is 1. The number of nitrogens with zero attached hydrogens (tertiary/aromatic N) is 1. The van der Waals surface area contributed by atoms with E-state index >= 15 is 0 Å². The fourth-order valence-electron chi connectivity index (χ4n) is 5.08. The van der Waals surface area contributed by atoms with Crippen molar-refractivity contribution < 1.29 is 19.4 Å². The molecule has 6 heteroatoms. The molecule has 29 heavy (non-hydrogen) atoms. The van der Waals surface area contributed by atoms with Crippen LogP contribution in [-0.4, -0.2) is 54.7 Å². The standard InChI is InChI=1S/C23H28N2O4/c1-4-14-11-25-9-8-15-22-18(6-5-7-21(22)29-3)24-23(15)19(25)10-16(14)17(13-28-2)20(27)12-26/h4-7,13-14,16,19,24,26H,1,8-12H2,2-3H3/b17-13+/t14-,16?,19?/m1/s1. The third kappa shape index (κ3) is 3.26. The molecule has 6 nitrogen and oxygen atoms in total. The minimum Gasteiger partial charge on any atom is -0.504 e. The number of methoxy groups -OCH3 is 2. The molecule has 1 saturated heterocycles. The molecule has 1 aromatic carbocycles. The van der Waals surface area contributed by atoms with Crippen LogP contribution in [0.3, 0.4) is 0 Å². The van der Waals surface area contributed by atoms with Gasteiger partial charge in [0, 0.05) is 35.3 Å². The van der Waals surface area contributed by atoms with Gasteiger partial charge in [-0.2, -0.15) is 0 Å². The van der Waals surface area contributed by atoms with E-state index in [1.165, 1.54) is 24.6 Å². The fourth-order valence-corrected chi connectivity index (χ4v) is 5.08. The predicted molar refractivity (Wildman–Crippen MR) is 112 cm³/mol. The SMILES string of the molecule is C=C[C@@H]1CN2CCc3c([nH]c4cccc(OC)c34)C2CC1/C(=C\OC)C(=O)CO. The first kappa shape index (κ1) is 19.7. The zero-order chi connectivity index (χ0) is 20.5. The van der Waals surface area contributed by atoms with E-state index in [-0.39, 0.29) is 23.7 Å². The van der Waals surface area contributed by atoms with Crippen molar-refractivity contribution in [2.24, 2.45) is 11.8 Å². The summed E-state index contributed by atoms with van der Waals surface area (Å²) < 4.78 is 10.8. The average Bonchev–Trinajstić information content (AvgIpc) is 3.15. The molecule has 154 valence electrons. The van der Waals surface area contributed by atoms with Crippen molar-refractivity contribution in [2.45, 2.75) is 18.9 Å². The Bertz CT molecular complexity index is 961. The summed E-state index contributed by atoms with van der Waals surface area (Å²) in [7, 11) is 3.24. The highest BCUT2D eigenvalue weighted by Crippen LogP contribution is 2.46. The van der Waals surface area contributed by atoms with Crippen molar-refractivity contribution in [1.29, 1.82) is 0 Å². The van der Waals surface area contributed by atoms with Gasteiger partial charge < -0.3 is 19.6 Å². The Labute approximate surface area is 170 Å². The number of aromatic amines is 1. The number of hydrogen-bond donors (Lipinski definition) is 2. The lowest BCUT2D eigenvalue weighted by atomic mass is 9.74. The normalized spacial score (nSPS) is 24.7. The molecule has 2 aliphatic rings. The quantitative estimate of drug-likeness (QED) is 0.446. The minimum atomic E-state index is -0.515. The second-order valence-electron chi connectivity index (χ2n) is 7.79.